The van der Waals surface area contributed by atoms with Gasteiger partial charge in [-0.15, -0.1) is 11.3 Å². The summed E-state index contributed by atoms with van der Waals surface area (Å²) < 4.78 is 0. The van der Waals surface area contributed by atoms with Crippen molar-refractivity contribution < 1.29 is 4.79 Å². The molecular weight excluding hydrogens is 286 g/mol. The fourth-order valence-corrected chi connectivity index (χ4v) is 2.49. The molecule has 0 radical (unpaired) electrons. The van der Waals surface area contributed by atoms with E-state index in [1.165, 1.54) is 11.3 Å². The zero-order valence-electron chi connectivity index (χ0n) is 11.6. The first-order valence-corrected chi connectivity index (χ1v) is 7.30. The van der Waals surface area contributed by atoms with E-state index >= 15 is 0 Å². The first-order chi connectivity index (χ1) is 10.2. The van der Waals surface area contributed by atoms with E-state index in [4.69, 9.17) is 11.7 Å². The summed E-state index contributed by atoms with van der Waals surface area (Å²) in [5.41, 5.74) is 4.57. The zero-order chi connectivity index (χ0) is 15.2. The molecule has 0 saturated heterocycles. The largest absolute Gasteiger partial charge is 0.350 e. The molecule has 0 saturated carbocycles. The molecule has 110 valence electrons. The number of anilines is 1. The van der Waals surface area contributed by atoms with Crippen LogP contribution in [0.15, 0.2) is 29.8 Å². The van der Waals surface area contributed by atoms with Crippen LogP contribution in [-0.2, 0) is 6.42 Å². The van der Waals surface area contributed by atoms with E-state index in [1.807, 2.05) is 42.0 Å². The second-order valence-corrected chi connectivity index (χ2v) is 5.15. The number of nitrogens with two attached hydrogens (primary N) is 2. The van der Waals surface area contributed by atoms with Crippen molar-refractivity contribution in [3.8, 4) is 0 Å². The van der Waals surface area contributed by atoms with Gasteiger partial charge in [-0.05, 0) is 30.2 Å². The number of amides is 2. The number of carbonyl (C=O) groups excluding carboxylic acids is 1. The van der Waals surface area contributed by atoms with Crippen molar-refractivity contribution in [2.24, 2.45) is 11.7 Å². The van der Waals surface area contributed by atoms with E-state index < -0.39 is 6.03 Å². The van der Waals surface area contributed by atoms with E-state index in [0.717, 1.165) is 27.6 Å². The lowest BCUT2D eigenvalue weighted by Gasteiger charge is -2.19. The second kappa shape index (κ2) is 6.98. The molecule has 0 bridgehead atoms. The summed E-state index contributed by atoms with van der Waals surface area (Å²) in [7, 11) is 0. The predicted molar refractivity (Wildman–Crippen MR) is 86.2 cm³/mol. The van der Waals surface area contributed by atoms with Crippen molar-refractivity contribution in [1.29, 1.82) is 0 Å². The van der Waals surface area contributed by atoms with Crippen LogP contribution in [-0.4, -0.2) is 11.0 Å². The molecule has 0 aliphatic heterocycles. The van der Waals surface area contributed by atoms with Crippen LogP contribution in [0.2, 0.25) is 0 Å². The molecular formula is C14H17N5OS. The van der Waals surface area contributed by atoms with Gasteiger partial charge in [-0.2, -0.15) is 0 Å². The summed E-state index contributed by atoms with van der Waals surface area (Å²) in [6.45, 7) is 2.05. The van der Waals surface area contributed by atoms with Crippen LogP contribution in [0.25, 0.3) is 12.2 Å². The molecule has 1 heterocycles. The smallest absolute Gasteiger partial charge is 0.274 e. The van der Waals surface area contributed by atoms with Gasteiger partial charge in [0.2, 0.25) is 0 Å². The lowest BCUT2D eigenvalue weighted by Crippen LogP contribution is -2.48. The molecule has 2 amide bonds. The van der Waals surface area contributed by atoms with E-state index in [0.29, 0.717) is 5.69 Å². The van der Waals surface area contributed by atoms with Gasteiger partial charge < -0.3 is 0 Å². The highest BCUT2D eigenvalue weighted by Crippen LogP contribution is 2.25. The third-order valence-corrected chi connectivity index (χ3v) is 3.74. The number of carbonyl (C=O) groups is 1. The number of hydrogen-bond donors (Lipinski definition) is 3. The normalized spacial score (nSPS) is 10.8. The Kier molecular flexibility index (Phi) is 5.04. The van der Waals surface area contributed by atoms with Crippen molar-refractivity contribution in [2.75, 3.05) is 5.01 Å². The average Bonchev–Trinajstić information content (AvgIpc) is 3.04. The number of hydrogen-bond acceptors (Lipinski definition) is 5. The van der Waals surface area contributed by atoms with Gasteiger partial charge in [-0.25, -0.2) is 26.5 Å². The minimum absolute atomic E-state index is 0.577. The third-order valence-electron chi connectivity index (χ3n) is 3.00. The highest BCUT2D eigenvalue weighted by Gasteiger charge is 2.15. The van der Waals surface area contributed by atoms with Crippen molar-refractivity contribution in [3.05, 3.63) is 45.9 Å². The van der Waals surface area contributed by atoms with Crippen LogP contribution in [0, 0.1) is 0 Å². The molecule has 0 aliphatic carbocycles. The highest BCUT2D eigenvalue weighted by atomic mass is 32.1. The number of aromatic nitrogens is 1. The zero-order valence-corrected chi connectivity index (χ0v) is 12.4. The highest BCUT2D eigenvalue weighted by molar-refractivity contribution is 7.10. The molecule has 2 aromatic rings. The maximum absolute atomic E-state index is 11.6. The molecule has 6 nitrogen and oxygen atoms in total. The Labute approximate surface area is 127 Å². The lowest BCUT2D eigenvalue weighted by atomic mass is 10.0. The average molecular weight is 303 g/mol. The fraction of sp³-hybridized carbons (Fsp3) is 0.143. The summed E-state index contributed by atoms with van der Waals surface area (Å²) in [5, 5.41) is 3.79. The summed E-state index contributed by atoms with van der Waals surface area (Å²) in [6, 6.07) is 5.06. The second-order valence-electron chi connectivity index (χ2n) is 4.23. The van der Waals surface area contributed by atoms with Crippen LogP contribution < -0.4 is 22.1 Å². The quantitative estimate of drug-likeness (QED) is 0.458. The van der Waals surface area contributed by atoms with E-state index in [2.05, 4.69) is 4.98 Å². The van der Waals surface area contributed by atoms with Crippen LogP contribution in [0.3, 0.4) is 0 Å². The van der Waals surface area contributed by atoms with Crippen LogP contribution in [0.5, 0.6) is 0 Å². The number of aryl methyl sites for hydroxylation is 1. The Bertz CT molecular complexity index is 639. The van der Waals surface area contributed by atoms with Crippen molar-refractivity contribution in [1.82, 2.24) is 10.4 Å². The van der Waals surface area contributed by atoms with Crippen molar-refractivity contribution in [2.45, 2.75) is 13.3 Å². The van der Waals surface area contributed by atoms with Gasteiger partial charge in [-0.1, -0.05) is 19.1 Å². The standard InChI is InChI=1S/C14H17N5OS/c1-2-10-4-3-5-12(19(16)14(20)18-15)11(10)6-7-13-17-8-9-21-13/h3-9H,2,15-16H2,1H3,(H,18,20)/b7-6+. The van der Waals surface area contributed by atoms with Gasteiger partial charge in [0.05, 0.1) is 5.69 Å². The Morgan fingerprint density at radius 1 is 1.48 bits per heavy atom. The third kappa shape index (κ3) is 3.46. The van der Waals surface area contributed by atoms with Crippen LogP contribution in [0.4, 0.5) is 10.5 Å². The van der Waals surface area contributed by atoms with E-state index in [-0.39, 0.29) is 0 Å². The maximum atomic E-state index is 11.6. The Hall–Kier alpha value is -2.22. The molecule has 1 aromatic heterocycles. The summed E-state index contributed by atoms with van der Waals surface area (Å²) in [6.07, 6.45) is 6.38. The molecule has 0 aliphatic rings. The van der Waals surface area contributed by atoms with Gasteiger partial charge in [0.15, 0.2) is 0 Å². The van der Waals surface area contributed by atoms with Crippen molar-refractivity contribution in [3.63, 3.8) is 0 Å². The Morgan fingerprint density at radius 3 is 2.90 bits per heavy atom. The number of benzene rings is 1. The molecule has 21 heavy (non-hydrogen) atoms. The summed E-state index contributed by atoms with van der Waals surface area (Å²) >= 11 is 1.54. The van der Waals surface area contributed by atoms with Crippen molar-refractivity contribution >= 4 is 35.2 Å². The van der Waals surface area contributed by atoms with Crippen LogP contribution >= 0.6 is 11.3 Å². The summed E-state index contributed by atoms with van der Waals surface area (Å²) in [5.74, 6) is 11.0. The van der Waals surface area contributed by atoms with Gasteiger partial charge >= 0.3 is 6.03 Å². The van der Waals surface area contributed by atoms with Gasteiger partial charge in [0.25, 0.3) is 0 Å². The van der Waals surface area contributed by atoms with Gasteiger partial charge in [0.1, 0.15) is 5.01 Å². The lowest BCUT2D eigenvalue weighted by molar-refractivity contribution is 0.246. The maximum Gasteiger partial charge on any atom is 0.350 e. The first-order valence-electron chi connectivity index (χ1n) is 6.42. The molecule has 0 spiro atoms. The topological polar surface area (TPSA) is 97.3 Å². The molecule has 2 rings (SSSR count). The first kappa shape index (κ1) is 15.2. The number of nitrogens with zero attached hydrogens (tertiary/aromatic N) is 2. The summed E-state index contributed by atoms with van der Waals surface area (Å²) in [4.78, 5) is 15.8. The number of rotatable bonds is 4. The number of nitrogens with one attached hydrogen (secondary N) is 1. The monoisotopic (exact) mass is 303 g/mol. The Balaban J connectivity index is 2.43. The molecule has 0 fully saturated rings. The SMILES string of the molecule is CCc1cccc(N(N)C(=O)NN)c1/C=C/c1nccs1. The van der Waals surface area contributed by atoms with Gasteiger partial charge in [-0.3, -0.25) is 5.43 Å². The minimum atomic E-state index is -0.577. The van der Waals surface area contributed by atoms with E-state index in [9.17, 15) is 4.79 Å². The number of thiazole rings is 1. The van der Waals surface area contributed by atoms with Gasteiger partial charge in [0, 0.05) is 17.1 Å². The van der Waals surface area contributed by atoms with Crippen LogP contribution in [0.1, 0.15) is 23.1 Å². The predicted octanol–water partition coefficient (Wildman–Crippen LogP) is 2.14. The fourth-order valence-electron chi connectivity index (χ4n) is 1.96. The molecule has 0 atom stereocenters. The molecule has 5 N–H and O–H groups in total. The number of hydrazine groups is 2. The molecule has 0 unspecified atom stereocenters. The number of urea groups is 1. The minimum Gasteiger partial charge on any atom is -0.274 e. The molecule has 7 heteroatoms. The van der Waals surface area contributed by atoms with E-state index in [1.54, 1.807) is 12.3 Å². The molecule has 1 aromatic carbocycles. The Morgan fingerprint density at radius 2 is 2.29 bits per heavy atom.